The summed E-state index contributed by atoms with van der Waals surface area (Å²) in [6, 6.07) is 4.58. The Hall–Kier alpha value is -1.69. The fraction of sp³-hybridized carbons (Fsp3) is 0.167. The van der Waals surface area contributed by atoms with Crippen molar-refractivity contribution in [3.63, 3.8) is 0 Å². The zero-order valence-corrected chi connectivity index (χ0v) is 9.89. The first kappa shape index (κ1) is 12.8. The summed E-state index contributed by atoms with van der Waals surface area (Å²) in [5.74, 6) is -0.198. The number of hydrogen-bond acceptors (Lipinski definition) is 3. The molecule has 0 spiro atoms. The monoisotopic (exact) mass is 271 g/mol. The zero-order chi connectivity index (χ0) is 13.2. The number of benzene rings is 1. The Bertz CT molecular complexity index is 531. The number of aromatic nitrogens is 1. The maximum absolute atomic E-state index is 12.3. The van der Waals surface area contributed by atoms with Gasteiger partial charge in [-0.05, 0) is 17.7 Å². The van der Waals surface area contributed by atoms with E-state index in [1.807, 2.05) is 0 Å². The Morgan fingerprint density at radius 3 is 2.39 bits per heavy atom. The van der Waals surface area contributed by atoms with E-state index in [4.69, 9.17) is 0 Å². The minimum Gasteiger partial charge on any atom is -0.292 e. The highest BCUT2D eigenvalue weighted by Gasteiger charge is 2.29. The number of hydrogen-bond donors (Lipinski definition) is 0. The molecule has 1 aromatic carbocycles. The van der Waals surface area contributed by atoms with Crippen molar-refractivity contribution in [2.24, 2.45) is 0 Å². The van der Waals surface area contributed by atoms with Crippen molar-refractivity contribution in [1.29, 1.82) is 0 Å². The third-order valence-corrected chi connectivity index (χ3v) is 2.95. The lowest BCUT2D eigenvalue weighted by Crippen LogP contribution is -2.06. The summed E-state index contributed by atoms with van der Waals surface area (Å²) in [5.41, 5.74) is 1.72. The lowest BCUT2D eigenvalue weighted by atomic mass is 10.1. The summed E-state index contributed by atoms with van der Waals surface area (Å²) in [4.78, 5) is 15.5. The van der Waals surface area contributed by atoms with Gasteiger partial charge in [0.15, 0.2) is 5.78 Å². The van der Waals surface area contributed by atoms with E-state index in [2.05, 4.69) is 4.98 Å². The number of nitrogens with zero attached hydrogens (tertiary/aromatic N) is 1. The molecular formula is C12H8F3NOS. The topological polar surface area (TPSA) is 30.0 Å². The maximum Gasteiger partial charge on any atom is 0.416 e. The van der Waals surface area contributed by atoms with E-state index in [1.54, 1.807) is 10.9 Å². The van der Waals surface area contributed by atoms with Gasteiger partial charge in [0.2, 0.25) is 0 Å². The van der Waals surface area contributed by atoms with Gasteiger partial charge in [-0.25, -0.2) is 4.98 Å². The number of carbonyl (C=O) groups excluding carboxylic acids is 1. The van der Waals surface area contributed by atoms with Crippen LogP contribution in [0.1, 0.15) is 21.6 Å². The average molecular weight is 271 g/mol. The van der Waals surface area contributed by atoms with Gasteiger partial charge in [0.25, 0.3) is 0 Å². The third kappa shape index (κ3) is 2.95. The molecule has 0 N–H and O–H groups in total. The van der Waals surface area contributed by atoms with Crippen molar-refractivity contribution in [3.8, 4) is 0 Å². The standard InChI is InChI=1S/C12H8F3NOS/c13-12(14,15)9-3-1-8(2-4-9)5-11(17)10-6-18-7-16-10/h1-4,6-7H,5H2. The number of alkyl halides is 3. The van der Waals surface area contributed by atoms with E-state index >= 15 is 0 Å². The van der Waals surface area contributed by atoms with Gasteiger partial charge >= 0.3 is 6.18 Å². The largest absolute Gasteiger partial charge is 0.416 e. The number of ketones is 1. The Morgan fingerprint density at radius 1 is 1.22 bits per heavy atom. The highest BCUT2D eigenvalue weighted by molar-refractivity contribution is 7.07. The Balaban J connectivity index is 2.09. The molecule has 0 radical (unpaired) electrons. The van der Waals surface area contributed by atoms with Crippen LogP contribution in [0.3, 0.4) is 0 Å². The zero-order valence-electron chi connectivity index (χ0n) is 9.07. The van der Waals surface area contributed by atoms with Crippen LogP contribution >= 0.6 is 11.3 Å². The SMILES string of the molecule is O=C(Cc1ccc(C(F)(F)F)cc1)c1cscn1. The van der Waals surface area contributed by atoms with Gasteiger partial charge in [-0.15, -0.1) is 11.3 Å². The van der Waals surface area contributed by atoms with Gasteiger partial charge < -0.3 is 0 Å². The molecule has 0 saturated carbocycles. The van der Waals surface area contributed by atoms with Crippen LogP contribution < -0.4 is 0 Å². The van der Waals surface area contributed by atoms with Crippen LogP contribution in [0.5, 0.6) is 0 Å². The van der Waals surface area contributed by atoms with Crippen molar-refractivity contribution in [3.05, 3.63) is 52.0 Å². The average Bonchev–Trinajstić information content (AvgIpc) is 2.82. The van der Waals surface area contributed by atoms with Gasteiger partial charge in [0, 0.05) is 11.8 Å². The molecule has 1 aromatic heterocycles. The summed E-state index contributed by atoms with van der Waals surface area (Å²) < 4.78 is 37.0. The molecule has 2 aromatic rings. The molecule has 0 aliphatic rings. The third-order valence-electron chi connectivity index (χ3n) is 2.36. The van der Waals surface area contributed by atoms with E-state index < -0.39 is 11.7 Å². The maximum atomic E-state index is 12.3. The normalized spacial score (nSPS) is 11.5. The highest BCUT2D eigenvalue weighted by Crippen LogP contribution is 2.29. The lowest BCUT2D eigenvalue weighted by Gasteiger charge is -2.06. The first-order chi connectivity index (χ1) is 8.47. The summed E-state index contributed by atoms with van der Waals surface area (Å²) in [5, 5.41) is 1.62. The molecule has 0 fully saturated rings. The van der Waals surface area contributed by atoms with Crippen LogP contribution in [0.4, 0.5) is 13.2 Å². The van der Waals surface area contributed by atoms with Crippen molar-refractivity contribution < 1.29 is 18.0 Å². The van der Waals surface area contributed by atoms with E-state index in [9.17, 15) is 18.0 Å². The van der Waals surface area contributed by atoms with Gasteiger partial charge in [-0.2, -0.15) is 13.2 Å². The lowest BCUT2D eigenvalue weighted by molar-refractivity contribution is -0.137. The van der Waals surface area contributed by atoms with Crippen molar-refractivity contribution in [2.75, 3.05) is 0 Å². The summed E-state index contributed by atoms with van der Waals surface area (Å²) >= 11 is 1.30. The molecule has 0 amide bonds. The van der Waals surface area contributed by atoms with E-state index in [-0.39, 0.29) is 12.2 Å². The first-order valence-corrected chi connectivity index (χ1v) is 5.98. The molecule has 0 bridgehead atoms. The predicted molar refractivity (Wildman–Crippen MR) is 61.6 cm³/mol. The Morgan fingerprint density at radius 2 is 1.89 bits per heavy atom. The number of halogens is 3. The Labute approximate surface area is 105 Å². The molecule has 18 heavy (non-hydrogen) atoms. The molecular weight excluding hydrogens is 263 g/mol. The fourth-order valence-electron chi connectivity index (χ4n) is 1.44. The highest BCUT2D eigenvalue weighted by atomic mass is 32.1. The van der Waals surface area contributed by atoms with Crippen LogP contribution in [-0.4, -0.2) is 10.8 Å². The summed E-state index contributed by atoms with van der Waals surface area (Å²) in [6.45, 7) is 0. The number of thiazole rings is 1. The van der Waals surface area contributed by atoms with Gasteiger partial charge in [-0.1, -0.05) is 12.1 Å². The van der Waals surface area contributed by atoms with Crippen LogP contribution in [-0.2, 0) is 12.6 Å². The second-order valence-corrected chi connectivity index (χ2v) is 4.39. The molecule has 6 heteroatoms. The number of Topliss-reactive ketones (excluding diaryl/α,β-unsaturated/α-hetero) is 1. The molecule has 0 aliphatic carbocycles. The van der Waals surface area contributed by atoms with Gasteiger partial charge in [0.05, 0.1) is 11.1 Å². The molecule has 0 unspecified atom stereocenters. The van der Waals surface area contributed by atoms with E-state index in [0.29, 0.717) is 11.3 Å². The van der Waals surface area contributed by atoms with Gasteiger partial charge in [0.1, 0.15) is 5.69 Å². The minimum absolute atomic E-state index is 0.0574. The number of carbonyl (C=O) groups is 1. The predicted octanol–water partition coefficient (Wildman–Crippen LogP) is 3.59. The number of rotatable bonds is 3. The summed E-state index contributed by atoms with van der Waals surface area (Å²) in [6.07, 6.45) is -4.29. The second-order valence-electron chi connectivity index (χ2n) is 3.67. The van der Waals surface area contributed by atoms with Crippen LogP contribution in [0.25, 0.3) is 0 Å². The molecule has 2 nitrogen and oxygen atoms in total. The van der Waals surface area contributed by atoms with Crippen molar-refractivity contribution >= 4 is 17.1 Å². The fourth-order valence-corrected chi connectivity index (χ4v) is 1.99. The second kappa shape index (κ2) is 4.89. The summed E-state index contributed by atoms with van der Waals surface area (Å²) in [7, 11) is 0. The van der Waals surface area contributed by atoms with Crippen LogP contribution in [0.15, 0.2) is 35.2 Å². The van der Waals surface area contributed by atoms with Gasteiger partial charge in [-0.3, -0.25) is 4.79 Å². The van der Waals surface area contributed by atoms with Crippen LogP contribution in [0.2, 0.25) is 0 Å². The molecule has 0 atom stereocenters. The van der Waals surface area contributed by atoms with E-state index in [1.165, 1.54) is 23.5 Å². The first-order valence-electron chi connectivity index (χ1n) is 5.04. The van der Waals surface area contributed by atoms with Crippen molar-refractivity contribution in [2.45, 2.75) is 12.6 Å². The molecule has 2 rings (SSSR count). The smallest absolute Gasteiger partial charge is 0.292 e. The molecule has 0 saturated heterocycles. The minimum atomic E-state index is -4.35. The molecule has 1 heterocycles. The molecule has 94 valence electrons. The quantitative estimate of drug-likeness (QED) is 0.798. The van der Waals surface area contributed by atoms with E-state index in [0.717, 1.165) is 12.1 Å². The van der Waals surface area contributed by atoms with Crippen LogP contribution in [0, 0.1) is 0 Å². The Kier molecular flexibility index (Phi) is 3.47. The van der Waals surface area contributed by atoms with Crippen molar-refractivity contribution in [1.82, 2.24) is 4.98 Å². The molecule has 0 aliphatic heterocycles.